The normalized spacial score (nSPS) is 9.69. The van der Waals surface area contributed by atoms with Crippen LogP contribution in [0.1, 0.15) is 20.8 Å². The third kappa shape index (κ3) is 9.51. The highest BCUT2D eigenvalue weighted by Gasteiger charge is 2.01. The Morgan fingerprint density at radius 3 is 2.54 bits per heavy atom. The maximum absolute atomic E-state index is 10.8. The van der Waals surface area contributed by atoms with E-state index in [0.717, 1.165) is 6.42 Å². The van der Waals surface area contributed by atoms with Gasteiger partial charge in [-0.3, -0.25) is 0 Å². The molecule has 0 saturated carbocycles. The largest absolute Gasteiger partial charge is 0.462 e. The minimum atomic E-state index is -0.325. The fraction of sp³-hybridized carbons (Fsp3) is 0.667. The van der Waals surface area contributed by atoms with Gasteiger partial charge < -0.3 is 9.26 Å². The number of rotatable bonds is 6. The number of carbonyl (C=O) groups excluding carboxylic acids is 1. The topological polar surface area (TPSA) is 35.5 Å². The number of ether oxygens (including phenoxy) is 1. The quantitative estimate of drug-likeness (QED) is 0.289. The monoisotopic (exact) mass is 206 g/mol. The zero-order chi connectivity index (χ0) is 9.40. The van der Waals surface area contributed by atoms with Gasteiger partial charge in [-0.15, -0.1) is 0 Å². The van der Waals surface area contributed by atoms with Gasteiger partial charge in [0.2, 0.25) is 0 Å². The van der Waals surface area contributed by atoms with Crippen LogP contribution in [-0.4, -0.2) is 25.8 Å². The molecule has 13 heavy (non-hydrogen) atoms. The summed E-state index contributed by atoms with van der Waals surface area (Å²) in [7, 11) is 0.501. The Morgan fingerprint density at radius 1 is 1.46 bits per heavy atom. The van der Waals surface area contributed by atoms with Crippen LogP contribution in [0.4, 0.5) is 0 Å². The summed E-state index contributed by atoms with van der Waals surface area (Å²) in [5.41, 5.74) is 0.438. The van der Waals surface area contributed by atoms with Crippen LogP contribution in [0, 0.1) is 0 Å². The van der Waals surface area contributed by atoms with Gasteiger partial charge in [-0.25, -0.2) is 4.79 Å². The first-order valence-corrected chi connectivity index (χ1v) is 5.20. The SMILES string of the molecule is C.C=C(C)C(=O)OCCCOPC. The molecule has 0 aliphatic rings. The molecule has 0 aromatic carbocycles. The third-order valence-corrected chi connectivity index (χ3v) is 1.61. The molecule has 0 radical (unpaired) electrons. The van der Waals surface area contributed by atoms with Gasteiger partial charge in [0.25, 0.3) is 0 Å². The van der Waals surface area contributed by atoms with Crippen LogP contribution in [0.15, 0.2) is 12.2 Å². The van der Waals surface area contributed by atoms with Gasteiger partial charge >= 0.3 is 5.97 Å². The van der Waals surface area contributed by atoms with Crippen LogP contribution >= 0.6 is 8.81 Å². The van der Waals surface area contributed by atoms with Crippen molar-refractivity contribution < 1.29 is 14.1 Å². The summed E-state index contributed by atoms with van der Waals surface area (Å²) in [6.07, 6.45) is 0.750. The van der Waals surface area contributed by atoms with E-state index in [2.05, 4.69) is 6.58 Å². The first-order valence-electron chi connectivity index (χ1n) is 3.79. The molecular formula is C9H19O3P. The predicted molar refractivity (Wildman–Crippen MR) is 57.3 cm³/mol. The second kappa shape index (κ2) is 9.69. The van der Waals surface area contributed by atoms with E-state index in [0.29, 0.717) is 27.6 Å². The van der Waals surface area contributed by atoms with Crippen LogP contribution in [0.3, 0.4) is 0 Å². The molecule has 0 N–H and O–H groups in total. The van der Waals surface area contributed by atoms with Gasteiger partial charge in [-0.2, -0.15) is 0 Å². The first-order chi connectivity index (χ1) is 5.68. The summed E-state index contributed by atoms with van der Waals surface area (Å²) in [5.74, 6) is -0.325. The molecule has 0 aliphatic heterocycles. The molecule has 0 amide bonds. The fourth-order valence-corrected chi connectivity index (χ4v) is 0.870. The van der Waals surface area contributed by atoms with Gasteiger partial charge in [0, 0.05) is 20.8 Å². The average molecular weight is 206 g/mol. The first kappa shape index (κ1) is 15.1. The molecule has 1 atom stereocenters. The van der Waals surface area contributed by atoms with Crippen LogP contribution in [-0.2, 0) is 14.1 Å². The summed E-state index contributed by atoms with van der Waals surface area (Å²) in [6, 6.07) is 0. The smallest absolute Gasteiger partial charge is 0.333 e. The molecule has 0 spiro atoms. The lowest BCUT2D eigenvalue weighted by Crippen LogP contribution is -2.07. The lowest BCUT2D eigenvalue weighted by Gasteiger charge is -2.03. The Kier molecular flexibility index (Phi) is 11.2. The maximum atomic E-state index is 10.8. The van der Waals surface area contributed by atoms with Crippen molar-refractivity contribution in [2.45, 2.75) is 20.8 Å². The Hall–Kier alpha value is -0.400. The molecule has 78 valence electrons. The summed E-state index contributed by atoms with van der Waals surface area (Å²) in [6.45, 7) is 8.12. The average Bonchev–Trinajstić information content (AvgIpc) is 2.03. The Morgan fingerprint density at radius 2 is 2.08 bits per heavy atom. The van der Waals surface area contributed by atoms with Crippen LogP contribution in [0.2, 0.25) is 0 Å². The van der Waals surface area contributed by atoms with Crippen LogP contribution in [0.25, 0.3) is 0 Å². The zero-order valence-electron chi connectivity index (χ0n) is 7.55. The Labute approximate surface area is 82.4 Å². The van der Waals surface area contributed by atoms with E-state index in [1.807, 2.05) is 6.66 Å². The van der Waals surface area contributed by atoms with Crippen LogP contribution < -0.4 is 0 Å². The number of hydrogen-bond acceptors (Lipinski definition) is 3. The summed E-state index contributed by atoms with van der Waals surface area (Å²) in [5, 5.41) is 0. The van der Waals surface area contributed by atoms with E-state index in [1.54, 1.807) is 6.92 Å². The highest BCUT2D eigenvalue weighted by atomic mass is 31.1. The van der Waals surface area contributed by atoms with Crippen molar-refractivity contribution in [3.63, 3.8) is 0 Å². The highest BCUT2D eigenvalue weighted by molar-refractivity contribution is 7.31. The van der Waals surface area contributed by atoms with Crippen molar-refractivity contribution >= 4 is 14.8 Å². The summed E-state index contributed by atoms with van der Waals surface area (Å²) < 4.78 is 9.92. The molecule has 0 aromatic heterocycles. The van der Waals surface area contributed by atoms with Gasteiger partial charge in [0.05, 0.1) is 13.2 Å². The van der Waals surface area contributed by atoms with Crippen molar-refractivity contribution in [3.05, 3.63) is 12.2 Å². The van der Waals surface area contributed by atoms with E-state index in [9.17, 15) is 4.79 Å². The predicted octanol–water partition coefficient (Wildman–Crippen LogP) is 2.37. The lowest BCUT2D eigenvalue weighted by atomic mass is 10.4. The van der Waals surface area contributed by atoms with Gasteiger partial charge in [-0.05, 0) is 13.6 Å². The molecule has 3 nitrogen and oxygen atoms in total. The third-order valence-electron chi connectivity index (χ3n) is 1.12. The van der Waals surface area contributed by atoms with Crippen molar-refractivity contribution in [1.82, 2.24) is 0 Å². The van der Waals surface area contributed by atoms with Crippen molar-refractivity contribution in [1.29, 1.82) is 0 Å². The highest BCUT2D eigenvalue weighted by Crippen LogP contribution is 2.04. The number of hydrogen-bond donors (Lipinski definition) is 0. The Balaban J connectivity index is 0. The molecule has 0 bridgehead atoms. The van der Waals surface area contributed by atoms with Gasteiger partial charge in [0.15, 0.2) is 0 Å². The molecule has 0 aliphatic carbocycles. The molecule has 1 unspecified atom stereocenters. The Bertz CT molecular complexity index is 157. The number of esters is 1. The number of carbonyl (C=O) groups is 1. The second-order valence-corrected chi connectivity index (χ2v) is 3.02. The molecule has 4 heteroatoms. The van der Waals surface area contributed by atoms with E-state index in [1.165, 1.54) is 0 Å². The van der Waals surface area contributed by atoms with Crippen molar-refractivity contribution in [3.8, 4) is 0 Å². The summed E-state index contributed by atoms with van der Waals surface area (Å²) >= 11 is 0. The second-order valence-electron chi connectivity index (χ2n) is 2.32. The van der Waals surface area contributed by atoms with Gasteiger partial charge in [0.1, 0.15) is 0 Å². The van der Waals surface area contributed by atoms with E-state index >= 15 is 0 Å². The minimum absolute atomic E-state index is 0. The fourth-order valence-electron chi connectivity index (χ4n) is 0.521. The molecule has 0 rings (SSSR count). The summed E-state index contributed by atoms with van der Waals surface area (Å²) in [4.78, 5) is 10.8. The van der Waals surface area contributed by atoms with Crippen LogP contribution in [0.5, 0.6) is 0 Å². The lowest BCUT2D eigenvalue weighted by molar-refractivity contribution is -0.139. The van der Waals surface area contributed by atoms with Gasteiger partial charge in [-0.1, -0.05) is 14.0 Å². The molecule has 0 fully saturated rings. The standard InChI is InChI=1S/C8H15O3P.CH4/c1-7(2)8(9)10-5-4-6-11-12-3;/h12H,1,4-6H2,2-3H3;1H4. The zero-order valence-corrected chi connectivity index (χ0v) is 8.55. The van der Waals surface area contributed by atoms with Crippen molar-refractivity contribution in [2.75, 3.05) is 19.9 Å². The molecule has 0 aromatic rings. The van der Waals surface area contributed by atoms with E-state index < -0.39 is 0 Å². The van der Waals surface area contributed by atoms with Crippen molar-refractivity contribution in [2.24, 2.45) is 0 Å². The minimum Gasteiger partial charge on any atom is -0.462 e. The molecule has 0 heterocycles. The van der Waals surface area contributed by atoms with E-state index in [-0.39, 0.29) is 13.4 Å². The maximum Gasteiger partial charge on any atom is 0.333 e. The molecule has 0 saturated heterocycles. The molecular weight excluding hydrogens is 187 g/mol. The van der Waals surface area contributed by atoms with E-state index in [4.69, 9.17) is 9.26 Å².